The molecule has 0 saturated carbocycles. The van der Waals surface area contributed by atoms with Crippen LogP contribution in [0.15, 0.2) is 68.4 Å². The van der Waals surface area contributed by atoms with E-state index < -0.39 is 16.0 Å². The molecule has 1 heterocycles. The number of nitrogens with one attached hydrogen (secondary N) is 1. The zero-order valence-corrected chi connectivity index (χ0v) is 24.3. The fourth-order valence-corrected chi connectivity index (χ4v) is 5.26. The number of carbonyl (C=O) groups is 1. The number of pyridine rings is 1. The van der Waals surface area contributed by atoms with Crippen molar-refractivity contribution in [1.29, 1.82) is 0 Å². The second-order valence-corrected chi connectivity index (χ2v) is 11.3. The number of aromatic hydroxyl groups is 1. The molecular weight excluding hydrogens is 532 g/mol. The van der Waals surface area contributed by atoms with Crippen molar-refractivity contribution in [3.8, 4) is 5.88 Å². The van der Waals surface area contributed by atoms with Crippen LogP contribution >= 0.6 is 0 Å². The lowest BCUT2D eigenvalue weighted by atomic mass is 9.99. The molecule has 0 aliphatic rings. The summed E-state index contributed by atoms with van der Waals surface area (Å²) < 4.78 is 34.1. The van der Waals surface area contributed by atoms with Crippen LogP contribution < -0.4 is 10.3 Å². The van der Waals surface area contributed by atoms with Crippen LogP contribution in [0.1, 0.15) is 61.0 Å². The summed E-state index contributed by atoms with van der Waals surface area (Å²) in [5, 5.41) is 19.4. The van der Waals surface area contributed by atoms with E-state index >= 15 is 0 Å². The van der Waals surface area contributed by atoms with E-state index in [-0.39, 0.29) is 33.6 Å². The largest absolute Gasteiger partial charge is 0.493 e. The predicted octanol–water partition coefficient (Wildman–Crippen LogP) is 6.39. The molecule has 2 aromatic carbocycles. The molecule has 214 valence electrons. The van der Waals surface area contributed by atoms with E-state index in [1.807, 2.05) is 0 Å². The van der Waals surface area contributed by atoms with Gasteiger partial charge in [-0.1, -0.05) is 33.1 Å². The number of hydrogen-bond acceptors (Lipinski definition) is 8. The fourth-order valence-electron chi connectivity index (χ4n) is 4.20. The first kappa shape index (κ1) is 30.6. The summed E-state index contributed by atoms with van der Waals surface area (Å²) in [4.78, 5) is 24.5. The molecule has 0 amide bonds. The summed E-state index contributed by atoms with van der Waals surface area (Å²) >= 11 is 0. The van der Waals surface area contributed by atoms with Crippen LogP contribution in [-0.2, 0) is 21.3 Å². The number of ether oxygens (including phenoxy) is 1. The standard InChI is InChI=1S/C29H36N4O6S/c1-6-8-9-21(7-2)18-33-27(34)20(4)19(3)26(28(33)35)31-30-23-14-16-25(17-15-23)40(37,38)32-24-12-10-22(11-13-24)29(36)39-5/h10-17,21,32,35H,6-9,18H2,1-5H3/b31-30+. The van der Waals surface area contributed by atoms with E-state index in [1.165, 1.54) is 60.2 Å². The van der Waals surface area contributed by atoms with Crippen molar-refractivity contribution in [3.05, 3.63) is 75.6 Å². The summed E-state index contributed by atoms with van der Waals surface area (Å²) in [6.45, 7) is 8.01. The highest BCUT2D eigenvalue weighted by molar-refractivity contribution is 7.92. The molecule has 2 N–H and O–H groups in total. The SMILES string of the molecule is CCCCC(CC)Cn1c(O)c(/N=N/c2ccc(S(=O)(=O)Nc3ccc(C(=O)OC)cc3)cc2)c(C)c(C)c1=O. The van der Waals surface area contributed by atoms with Crippen LogP contribution in [0.5, 0.6) is 5.88 Å². The van der Waals surface area contributed by atoms with Gasteiger partial charge in [0.2, 0.25) is 5.88 Å². The number of esters is 1. The third-order valence-electron chi connectivity index (χ3n) is 6.91. The highest BCUT2D eigenvalue weighted by atomic mass is 32.2. The fraction of sp³-hybridized carbons (Fsp3) is 0.379. The first-order chi connectivity index (χ1) is 19.0. The Hall–Kier alpha value is -3.99. The number of hydrogen-bond donors (Lipinski definition) is 2. The summed E-state index contributed by atoms with van der Waals surface area (Å²) in [6.07, 6.45) is 3.96. The molecule has 0 saturated heterocycles. The number of unbranched alkanes of at least 4 members (excludes halogenated alkanes) is 1. The lowest BCUT2D eigenvalue weighted by Crippen LogP contribution is -2.26. The molecular formula is C29H36N4O6S. The van der Waals surface area contributed by atoms with Gasteiger partial charge in [0.05, 0.1) is 23.3 Å². The van der Waals surface area contributed by atoms with Gasteiger partial charge in [0.25, 0.3) is 15.6 Å². The van der Waals surface area contributed by atoms with Gasteiger partial charge < -0.3 is 9.84 Å². The first-order valence-electron chi connectivity index (χ1n) is 13.2. The number of azo groups is 1. The Labute approximate surface area is 234 Å². The monoisotopic (exact) mass is 568 g/mol. The van der Waals surface area contributed by atoms with Crippen LogP contribution in [0.25, 0.3) is 0 Å². The van der Waals surface area contributed by atoms with Crippen LogP contribution in [0.4, 0.5) is 17.1 Å². The van der Waals surface area contributed by atoms with E-state index in [9.17, 15) is 23.1 Å². The first-order valence-corrected chi connectivity index (χ1v) is 14.7. The maximum Gasteiger partial charge on any atom is 0.337 e. The van der Waals surface area contributed by atoms with Crippen molar-refractivity contribution in [2.45, 2.75) is 64.8 Å². The number of methoxy groups -OCH3 is 1. The van der Waals surface area contributed by atoms with Gasteiger partial charge in [-0.25, -0.2) is 13.2 Å². The smallest absolute Gasteiger partial charge is 0.337 e. The molecule has 11 heteroatoms. The van der Waals surface area contributed by atoms with Crippen molar-refractivity contribution in [3.63, 3.8) is 0 Å². The number of carbonyl (C=O) groups excluding carboxylic acids is 1. The second kappa shape index (κ2) is 13.4. The Morgan fingerprint density at radius 3 is 2.25 bits per heavy atom. The van der Waals surface area contributed by atoms with Gasteiger partial charge in [0, 0.05) is 17.8 Å². The molecule has 0 bridgehead atoms. The van der Waals surface area contributed by atoms with Gasteiger partial charge >= 0.3 is 5.97 Å². The van der Waals surface area contributed by atoms with Crippen molar-refractivity contribution < 1.29 is 23.1 Å². The minimum absolute atomic E-state index is 0.00426. The molecule has 1 atom stereocenters. The van der Waals surface area contributed by atoms with Crippen molar-refractivity contribution in [2.24, 2.45) is 16.1 Å². The number of anilines is 1. The molecule has 40 heavy (non-hydrogen) atoms. The molecule has 1 aromatic heterocycles. The van der Waals surface area contributed by atoms with E-state index in [0.29, 0.717) is 28.9 Å². The van der Waals surface area contributed by atoms with Gasteiger partial charge in [-0.3, -0.25) is 14.1 Å². The molecule has 10 nitrogen and oxygen atoms in total. The van der Waals surface area contributed by atoms with E-state index in [2.05, 4.69) is 33.5 Å². The van der Waals surface area contributed by atoms with Crippen LogP contribution in [-0.4, -0.2) is 31.2 Å². The van der Waals surface area contributed by atoms with E-state index in [1.54, 1.807) is 13.8 Å². The molecule has 0 radical (unpaired) electrons. The van der Waals surface area contributed by atoms with Gasteiger partial charge in [-0.2, -0.15) is 5.11 Å². The van der Waals surface area contributed by atoms with Crippen LogP contribution in [0, 0.1) is 19.8 Å². The summed E-state index contributed by atoms with van der Waals surface area (Å²) in [6, 6.07) is 11.6. The van der Waals surface area contributed by atoms with Crippen molar-refractivity contribution in [2.75, 3.05) is 11.8 Å². The molecule has 3 aromatic rings. The second-order valence-electron chi connectivity index (χ2n) is 9.62. The number of aromatic nitrogens is 1. The Kier molecular flexibility index (Phi) is 10.2. The maximum absolute atomic E-state index is 12.9. The minimum Gasteiger partial charge on any atom is -0.493 e. The molecule has 0 fully saturated rings. The zero-order valence-electron chi connectivity index (χ0n) is 23.5. The Balaban J connectivity index is 1.82. The van der Waals surface area contributed by atoms with Crippen molar-refractivity contribution in [1.82, 2.24) is 4.57 Å². The number of sulfonamides is 1. The number of rotatable bonds is 12. The highest BCUT2D eigenvalue weighted by Gasteiger charge is 2.20. The molecule has 0 aliphatic heterocycles. The molecule has 0 spiro atoms. The topological polar surface area (TPSA) is 139 Å². The molecule has 0 aliphatic carbocycles. The highest BCUT2D eigenvalue weighted by Crippen LogP contribution is 2.33. The van der Waals surface area contributed by atoms with E-state index in [0.717, 1.165) is 25.7 Å². The van der Waals surface area contributed by atoms with Crippen molar-refractivity contribution >= 4 is 33.1 Å². The Bertz CT molecular complexity index is 1530. The maximum atomic E-state index is 12.9. The summed E-state index contributed by atoms with van der Waals surface area (Å²) in [5.74, 6) is -0.494. The van der Waals surface area contributed by atoms with Gasteiger partial charge in [-0.05, 0) is 80.3 Å². The zero-order chi connectivity index (χ0) is 29.4. The van der Waals surface area contributed by atoms with Crippen LogP contribution in [0.2, 0.25) is 0 Å². The van der Waals surface area contributed by atoms with Gasteiger partial charge in [0.15, 0.2) is 0 Å². The average Bonchev–Trinajstić information content (AvgIpc) is 2.95. The van der Waals surface area contributed by atoms with Crippen LogP contribution in [0.3, 0.4) is 0 Å². The van der Waals surface area contributed by atoms with E-state index in [4.69, 9.17) is 0 Å². The lowest BCUT2D eigenvalue weighted by Gasteiger charge is -2.19. The van der Waals surface area contributed by atoms with Gasteiger partial charge in [0.1, 0.15) is 5.69 Å². The Morgan fingerprint density at radius 2 is 1.68 bits per heavy atom. The third-order valence-corrected chi connectivity index (χ3v) is 8.30. The summed E-state index contributed by atoms with van der Waals surface area (Å²) in [5.41, 5.74) is 1.93. The molecule has 1 unspecified atom stereocenters. The average molecular weight is 569 g/mol. The lowest BCUT2D eigenvalue weighted by molar-refractivity contribution is 0.0600. The number of nitrogens with zero attached hydrogens (tertiary/aromatic N) is 3. The quantitative estimate of drug-likeness (QED) is 0.192. The predicted molar refractivity (Wildman–Crippen MR) is 154 cm³/mol. The molecule has 3 rings (SSSR count). The Morgan fingerprint density at radius 1 is 1.02 bits per heavy atom. The number of benzene rings is 2. The summed E-state index contributed by atoms with van der Waals surface area (Å²) in [7, 11) is -2.64. The normalized spacial score (nSPS) is 12.4. The third kappa shape index (κ3) is 7.15. The minimum atomic E-state index is -3.90. The van der Waals surface area contributed by atoms with Gasteiger partial charge in [-0.15, -0.1) is 5.11 Å².